The van der Waals surface area contributed by atoms with Crippen LogP contribution in [-0.4, -0.2) is 27.0 Å². The fourth-order valence-electron chi connectivity index (χ4n) is 2.29. The zero-order valence-corrected chi connectivity index (χ0v) is 10.3. The van der Waals surface area contributed by atoms with Crippen LogP contribution < -0.4 is 5.32 Å². The summed E-state index contributed by atoms with van der Waals surface area (Å²) in [6.07, 6.45) is 5.34. The Balaban J connectivity index is 2.23. The maximum absolute atomic E-state index is 10.9. The number of hydrogen-bond donors (Lipinski definition) is 2. The largest absolute Gasteiger partial charge is 0.475 e. The Morgan fingerprint density at radius 3 is 2.63 bits per heavy atom. The van der Waals surface area contributed by atoms with Gasteiger partial charge in [-0.15, -0.1) is 0 Å². The first-order valence-corrected chi connectivity index (χ1v) is 6.23. The van der Waals surface area contributed by atoms with Crippen LogP contribution in [0.5, 0.6) is 0 Å². The molecule has 0 spiro atoms. The lowest BCUT2D eigenvalue weighted by Crippen LogP contribution is -2.23. The van der Waals surface area contributed by atoms with E-state index in [-0.39, 0.29) is 11.7 Å². The second-order valence-corrected chi connectivity index (χ2v) is 4.61. The minimum atomic E-state index is -1.27. The van der Waals surface area contributed by atoms with Gasteiger partial charge in [-0.1, -0.05) is 19.3 Å². The summed E-state index contributed by atoms with van der Waals surface area (Å²) >= 11 is 0. The number of nitrogens with one attached hydrogen (secondary N) is 1. The summed E-state index contributed by atoms with van der Waals surface area (Å²) < 4.78 is 0. The highest BCUT2D eigenvalue weighted by Gasteiger charge is 2.23. The molecule has 1 aromatic rings. The van der Waals surface area contributed by atoms with Crippen molar-refractivity contribution in [2.75, 3.05) is 5.32 Å². The topological polar surface area (TPSA) is 105 Å². The molecule has 7 heteroatoms. The molecule has 0 atom stereocenters. The highest BCUT2D eigenvalue weighted by molar-refractivity contribution is 5.86. The highest BCUT2D eigenvalue weighted by atomic mass is 16.6. The van der Waals surface area contributed by atoms with Crippen molar-refractivity contribution >= 4 is 17.5 Å². The Kier molecular flexibility index (Phi) is 3.94. The summed E-state index contributed by atoms with van der Waals surface area (Å²) in [7, 11) is 0. The molecule has 19 heavy (non-hydrogen) atoms. The Hall–Kier alpha value is -2.18. The highest BCUT2D eigenvalue weighted by Crippen LogP contribution is 2.27. The number of carboxylic acid groups (broad SMARTS) is 1. The zero-order chi connectivity index (χ0) is 13.8. The molecule has 1 heterocycles. The number of hydrogen-bond acceptors (Lipinski definition) is 5. The van der Waals surface area contributed by atoms with E-state index in [1.165, 1.54) is 18.6 Å². The first kappa shape index (κ1) is 13.3. The predicted octanol–water partition coefficient (Wildman–Crippen LogP) is 2.43. The van der Waals surface area contributed by atoms with Crippen LogP contribution in [0, 0.1) is 10.1 Å². The molecule has 1 saturated carbocycles. The third-order valence-corrected chi connectivity index (χ3v) is 3.23. The van der Waals surface area contributed by atoms with E-state index >= 15 is 0 Å². The number of nitro groups is 1. The fourth-order valence-corrected chi connectivity index (χ4v) is 2.29. The summed E-state index contributed by atoms with van der Waals surface area (Å²) in [6, 6.07) is 2.90. The lowest BCUT2D eigenvalue weighted by molar-refractivity contribution is -0.388. The maximum Gasteiger partial charge on any atom is 0.387 e. The molecule has 0 bridgehead atoms. The Morgan fingerprint density at radius 2 is 2.05 bits per heavy atom. The van der Waals surface area contributed by atoms with Crippen molar-refractivity contribution < 1.29 is 14.8 Å². The van der Waals surface area contributed by atoms with Gasteiger partial charge in [0.15, 0.2) is 0 Å². The van der Waals surface area contributed by atoms with Gasteiger partial charge in [0.05, 0.1) is 0 Å². The van der Waals surface area contributed by atoms with E-state index in [2.05, 4.69) is 10.3 Å². The van der Waals surface area contributed by atoms with E-state index in [0.29, 0.717) is 5.69 Å². The summed E-state index contributed by atoms with van der Waals surface area (Å²) in [5, 5.41) is 22.8. The van der Waals surface area contributed by atoms with Crippen LogP contribution in [0.25, 0.3) is 0 Å². The van der Waals surface area contributed by atoms with Crippen LogP contribution in [0.3, 0.4) is 0 Å². The number of aromatic nitrogens is 1. The number of carbonyl (C=O) groups is 1. The van der Waals surface area contributed by atoms with Gasteiger partial charge in [-0.2, -0.15) is 0 Å². The smallest absolute Gasteiger partial charge is 0.387 e. The van der Waals surface area contributed by atoms with E-state index in [9.17, 15) is 14.9 Å². The Morgan fingerprint density at radius 1 is 1.37 bits per heavy atom. The normalized spacial score (nSPS) is 16.0. The minimum absolute atomic E-state index is 0.199. The summed E-state index contributed by atoms with van der Waals surface area (Å²) in [4.78, 5) is 24.6. The molecule has 0 unspecified atom stereocenters. The van der Waals surface area contributed by atoms with Gasteiger partial charge in [0.25, 0.3) is 5.69 Å². The average molecular weight is 265 g/mol. The molecule has 2 rings (SSSR count). The van der Waals surface area contributed by atoms with Crippen molar-refractivity contribution in [3.63, 3.8) is 0 Å². The van der Waals surface area contributed by atoms with Crippen molar-refractivity contribution in [3.8, 4) is 0 Å². The number of carboxylic acids is 1. The summed E-state index contributed by atoms with van der Waals surface area (Å²) in [5.74, 6) is -1.70. The third-order valence-electron chi connectivity index (χ3n) is 3.23. The molecule has 0 aromatic carbocycles. The first-order valence-electron chi connectivity index (χ1n) is 6.23. The second-order valence-electron chi connectivity index (χ2n) is 4.61. The van der Waals surface area contributed by atoms with Crippen molar-refractivity contribution in [2.45, 2.75) is 38.1 Å². The molecule has 7 nitrogen and oxygen atoms in total. The zero-order valence-electron chi connectivity index (χ0n) is 10.3. The molecule has 1 aromatic heterocycles. The van der Waals surface area contributed by atoms with Crippen molar-refractivity contribution in [3.05, 3.63) is 27.9 Å². The van der Waals surface area contributed by atoms with Crippen molar-refractivity contribution in [2.24, 2.45) is 0 Å². The predicted molar refractivity (Wildman–Crippen MR) is 68.3 cm³/mol. The standard InChI is InChI=1S/C12H15N3O4/c16-12(17)10-7-6-9(11(14-10)15(18)19)13-8-4-2-1-3-5-8/h6-8,13H,1-5H2,(H,16,17). The molecular formula is C12H15N3O4. The number of nitrogens with zero attached hydrogens (tertiary/aromatic N) is 2. The molecule has 0 saturated heterocycles. The SMILES string of the molecule is O=C(O)c1ccc(NC2CCCCC2)c([N+](=O)[O-])n1. The molecule has 1 fully saturated rings. The van der Waals surface area contributed by atoms with Gasteiger partial charge < -0.3 is 20.5 Å². The van der Waals surface area contributed by atoms with Gasteiger partial charge in [-0.05, 0) is 34.9 Å². The van der Waals surface area contributed by atoms with Gasteiger partial charge >= 0.3 is 11.8 Å². The first-order chi connectivity index (χ1) is 9.08. The van der Waals surface area contributed by atoms with Crippen LogP contribution in [0.4, 0.5) is 11.5 Å². The van der Waals surface area contributed by atoms with Gasteiger partial charge in [0, 0.05) is 6.04 Å². The van der Waals surface area contributed by atoms with Crippen molar-refractivity contribution in [1.29, 1.82) is 0 Å². The summed E-state index contributed by atoms with van der Waals surface area (Å²) in [5.41, 5.74) is -0.0252. The van der Waals surface area contributed by atoms with Gasteiger partial charge in [0.1, 0.15) is 5.69 Å². The maximum atomic E-state index is 10.9. The third kappa shape index (κ3) is 3.18. The molecule has 102 valence electrons. The van der Waals surface area contributed by atoms with Gasteiger partial charge in [-0.3, -0.25) is 0 Å². The number of pyridine rings is 1. The second kappa shape index (κ2) is 5.64. The quantitative estimate of drug-likeness (QED) is 0.639. The van der Waals surface area contributed by atoms with Crippen molar-refractivity contribution in [1.82, 2.24) is 4.98 Å². The molecular weight excluding hydrogens is 250 g/mol. The van der Waals surface area contributed by atoms with E-state index in [0.717, 1.165) is 25.7 Å². The van der Waals surface area contributed by atoms with Crippen LogP contribution >= 0.6 is 0 Å². The van der Waals surface area contributed by atoms with Gasteiger partial charge in [-0.25, -0.2) is 4.79 Å². The lowest BCUT2D eigenvalue weighted by atomic mass is 9.95. The molecule has 0 radical (unpaired) electrons. The fraction of sp³-hybridized carbons (Fsp3) is 0.500. The van der Waals surface area contributed by atoms with E-state index in [1.807, 2.05) is 0 Å². The number of aromatic carboxylic acids is 1. The molecule has 2 N–H and O–H groups in total. The Bertz CT molecular complexity index is 498. The number of rotatable bonds is 4. The molecule has 1 aliphatic rings. The molecule has 1 aliphatic carbocycles. The van der Waals surface area contributed by atoms with Crippen LogP contribution in [-0.2, 0) is 0 Å². The van der Waals surface area contributed by atoms with Crippen LogP contribution in [0.15, 0.2) is 12.1 Å². The van der Waals surface area contributed by atoms with Crippen LogP contribution in [0.2, 0.25) is 0 Å². The minimum Gasteiger partial charge on any atom is -0.475 e. The lowest BCUT2D eigenvalue weighted by Gasteiger charge is -2.23. The van der Waals surface area contributed by atoms with Gasteiger partial charge in [0.2, 0.25) is 0 Å². The average Bonchev–Trinajstić information content (AvgIpc) is 2.39. The molecule has 0 aliphatic heterocycles. The molecule has 0 amide bonds. The Labute approximate surface area is 109 Å². The number of anilines is 1. The van der Waals surface area contributed by atoms with E-state index in [1.54, 1.807) is 0 Å². The summed E-state index contributed by atoms with van der Waals surface area (Å²) in [6.45, 7) is 0. The monoisotopic (exact) mass is 265 g/mol. The van der Waals surface area contributed by atoms with E-state index < -0.39 is 16.7 Å². The van der Waals surface area contributed by atoms with Crippen LogP contribution in [0.1, 0.15) is 42.6 Å². The van der Waals surface area contributed by atoms with E-state index in [4.69, 9.17) is 5.11 Å².